The lowest BCUT2D eigenvalue weighted by Crippen LogP contribution is -2.39. The summed E-state index contributed by atoms with van der Waals surface area (Å²) in [4.78, 5) is 133. The van der Waals surface area contributed by atoms with E-state index in [0.717, 1.165) is 80.1 Å². The van der Waals surface area contributed by atoms with Crippen molar-refractivity contribution >= 4 is 80.7 Å². The third-order valence-corrected chi connectivity index (χ3v) is 16.6. The first-order valence-corrected chi connectivity index (χ1v) is 46.3. The van der Waals surface area contributed by atoms with Gasteiger partial charge in [0, 0.05) is 104 Å². The van der Waals surface area contributed by atoms with E-state index < -0.39 is 5.76 Å². The molecule has 6 aliphatic rings. The quantitative estimate of drug-likeness (QED) is 0.128. The van der Waals surface area contributed by atoms with Crippen LogP contribution in [0, 0.1) is 0 Å². The number of rotatable bonds is 0. The molecule has 0 fully saturated rings. The normalized spacial score (nSPS) is 11.5. The summed E-state index contributed by atoms with van der Waals surface area (Å²) in [7, 11) is 13.4. The number of oxazole rings is 1. The maximum absolute atomic E-state index is 11.5. The molecular formula is C106H166N8O13. The van der Waals surface area contributed by atoms with Crippen molar-refractivity contribution in [3.8, 4) is 0 Å². The molecule has 10 aromatic rings. The number of carbonyl (C=O) groups excluding carboxylic acids is 8. The van der Waals surface area contributed by atoms with Crippen molar-refractivity contribution in [1.29, 1.82) is 0 Å². The van der Waals surface area contributed by atoms with Gasteiger partial charge in [-0.05, 0) is 107 Å². The second kappa shape index (κ2) is 81.2. The fourth-order valence-electron chi connectivity index (χ4n) is 10.9. The van der Waals surface area contributed by atoms with E-state index >= 15 is 0 Å². The summed E-state index contributed by atoms with van der Waals surface area (Å²) in [5, 5.41) is 0.421. The van der Waals surface area contributed by atoms with Gasteiger partial charge in [-0.2, -0.15) is 0 Å². The molecule has 0 N–H and O–H groups in total. The molecular weight excluding hydrogens is 1590 g/mol. The number of hydrogen-bond acceptors (Lipinski definition) is 13. The average molecular weight is 1760 g/mol. The van der Waals surface area contributed by atoms with Gasteiger partial charge in [0.1, 0.15) is 5.58 Å². The van der Waals surface area contributed by atoms with Crippen LogP contribution in [0.25, 0.3) is 22.1 Å². The highest BCUT2D eigenvalue weighted by atomic mass is 16.4. The first-order chi connectivity index (χ1) is 61.6. The molecule has 0 saturated carbocycles. The highest BCUT2D eigenvalue weighted by Crippen LogP contribution is 2.28. The van der Waals surface area contributed by atoms with Crippen LogP contribution in [0.3, 0.4) is 0 Å². The molecule has 0 saturated heterocycles. The molecule has 127 heavy (non-hydrogen) atoms. The number of para-hydroxylation sites is 5. The first-order valence-electron chi connectivity index (χ1n) is 46.3. The van der Waals surface area contributed by atoms with Gasteiger partial charge >= 0.3 is 11.5 Å². The van der Waals surface area contributed by atoms with Gasteiger partial charge in [0.2, 0.25) is 17.7 Å². The van der Waals surface area contributed by atoms with Gasteiger partial charge in [-0.15, -0.1) is 0 Å². The van der Waals surface area contributed by atoms with Crippen molar-refractivity contribution in [2.75, 3.05) is 58.6 Å². The van der Waals surface area contributed by atoms with E-state index in [2.05, 4.69) is 6.07 Å². The summed E-state index contributed by atoms with van der Waals surface area (Å²) < 4.78 is 12.2. The summed E-state index contributed by atoms with van der Waals surface area (Å²) in [6, 6.07) is 59.5. The average Bonchev–Trinajstić information content (AvgIpc) is 1.50. The van der Waals surface area contributed by atoms with Crippen molar-refractivity contribution in [2.45, 2.75) is 260 Å². The zero-order chi connectivity index (χ0) is 100. The molecule has 0 bridgehead atoms. The summed E-state index contributed by atoms with van der Waals surface area (Å²) in [6.45, 7) is 65.6. The lowest BCUT2D eigenvalue weighted by Gasteiger charge is -2.25. The number of imide groups is 2. The van der Waals surface area contributed by atoms with Crippen LogP contribution < -0.4 is 26.9 Å². The van der Waals surface area contributed by atoms with Crippen LogP contribution in [0.2, 0.25) is 0 Å². The summed E-state index contributed by atoms with van der Waals surface area (Å²) in [6.07, 6.45) is 3.41. The Morgan fingerprint density at radius 1 is 0.236 bits per heavy atom. The highest BCUT2D eigenvalue weighted by molar-refractivity contribution is 6.21. The van der Waals surface area contributed by atoms with Crippen molar-refractivity contribution < 1.29 is 47.2 Å². The minimum absolute atomic E-state index is 0.135. The van der Waals surface area contributed by atoms with Crippen molar-refractivity contribution in [3.05, 3.63) is 281 Å². The van der Waals surface area contributed by atoms with Gasteiger partial charge in [0.05, 0.1) is 34.9 Å². The molecule has 0 radical (unpaired) electrons. The Balaban J connectivity index is -0.000000203. The van der Waals surface area contributed by atoms with Gasteiger partial charge < -0.3 is 28.4 Å². The van der Waals surface area contributed by atoms with E-state index in [4.69, 9.17) is 8.83 Å². The number of carbonyl (C=O) groups is 8. The fraction of sp³-hybridized carbons (Fsp3) is 0.443. The molecule has 16 rings (SSSR count). The lowest BCUT2D eigenvalue weighted by atomic mass is 9.99. The van der Waals surface area contributed by atoms with E-state index in [0.29, 0.717) is 52.5 Å². The summed E-state index contributed by atoms with van der Waals surface area (Å²) in [5.74, 6) is -1.02. The number of benzene rings is 8. The van der Waals surface area contributed by atoms with E-state index in [-0.39, 0.29) is 58.6 Å². The predicted molar refractivity (Wildman–Crippen MR) is 542 cm³/mol. The molecule has 708 valence electrons. The van der Waals surface area contributed by atoms with Crippen molar-refractivity contribution in [3.63, 3.8) is 0 Å². The maximum atomic E-state index is 11.5. The molecule has 21 nitrogen and oxygen atoms in total. The van der Waals surface area contributed by atoms with Crippen molar-refractivity contribution in [2.24, 2.45) is 14.1 Å². The minimum atomic E-state index is -0.635. The SMILES string of the molecule is CC.CC.CC.CC.CC.CC.CC.CC.CC.CC.CC.CC.CC.CC.CC.CC.CN1C(=O)CCc2ccccc21.CN1C(=O)Cc2ccccc21.CN1C(=O)Cc2ccccc2C1=O.CN1C(=O)c2ccccc2C1=O.CN1CCc2ccccc2C1=O.CN1Cc2ccccc2C1=O.Cn1c(=O)oc2ccccc21.Cn1c(=O)oc2ccccc2c1=O. The molecule has 0 spiro atoms. The van der Waals surface area contributed by atoms with Gasteiger partial charge in [0.15, 0.2) is 5.58 Å². The molecule has 2 aromatic heterocycles. The molecule has 0 aliphatic carbocycles. The van der Waals surface area contributed by atoms with Crippen LogP contribution in [0.4, 0.5) is 11.4 Å². The Morgan fingerprint density at radius 2 is 0.543 bits per heavy atom. The van der Waals surface area contributed by atoms with Crippen LogP contribution in [-0.4, -0.2) is 125 Å². The Morgan fingerprint density at radius 3 is 0.992 bits per heavy atom. The number of aryl methyl sites for hydroxylation is 2. The number of amides is 8. The largest absolute Gasteiger partial charge is 0.422 e. The lowest BCUT2D eigenvalue weighted by molar-refractivity contribution is -0.127. The topological polar surface area (TPSA) is 243 Å². The third kappa shape index (κ3) is 41.4. The van der Waals surface area contributed by atoms with Gasteiger partial charge in [0.25, 0.3) is 35.1 Å². The van der Waals surface area contributed by atoms with Crippen LogP contribution >= 0.6 is 0 Å². The Hall–Kier alpha value is -11.9. The highest BCUT2D eigenvalue weighted by Gasteiger charge is 2.32. The van der Waals surface area contributed by atoms with E-state index in [1.807, 2.05) is 371 Å². The molecule has 6 aliphatic heterocycles. The first kappa shape index (κ1) is 131. The molecule has 0 atom stereocenters. The Labute approximate surface area is 766 Å². The zero-order valence-electron chi connectivity index (χ0n) is 85.8. The van der Waals surface area contributed by atoms with E-state index in [1.54, 1.807) is 93.4 Å². The smallest absolute Gasteiger partial charge is 0.409 e. The molecule has 21 heteroatoms. The molecule has 8 aromatic carbocycles. The van der Waals surface area contributed by atoms with Crippen LogP contribution in [0.5, 0.6) is 0 Å². The van der Waals surface area contributed by atoms with Gasteiger partial charge in [-0.25, -0.2) is 14.2 Å². The second-order valence-corrected chi connectivity index (χ2v) is 22.7. The zero-order valence-corrected chi connectivity index (χ0v) is 85.8. The number of aromatic nitrogens is 2. The molecule has 0 unspecified atom stereocenters. The van der Waals surface area contributed by atoms with Crippen LogP contribution in [0.1, 0.15) is 308 Å². The third-order valence-electron chi connectivity index (χ3n) is 16.6. The number of likely N-dealkylation sites (N-methyl/N-ethyl adjacent to an activating group) is 3. The monoisotopic (exact) mass is 1760 g/mol. The predicted octanol–water partition coefficient (Wildman–Crippen LogP) is 25.2. The molecule has 8 heterocycles. The summed E-state index contributed by atoms with van der Waals surface area (Å²) >= 11 is 0. The number of hydrogen-bond donors (Lipinski definition) is 0. The standard InChI is InChI=1S/C10H9NO2.2C10H11NO.C9H7NO3.C9H7NO2.2C9H9NO.C8H7NO2.16C2H6/c1-11-9(12)6-7-4-2-3-5-8(7)10(11)13;1-11-7-6-8-4-2-3-5-9(8)10(11)12;1-11-9-5-3-2-4-8(9)6-7-10(11)12;1-10-8(11)6-4-2-3-5-7(6)13-9(10)12;1-10-8(11)6-4-2-3-5-7(6)9(10)12;1-10-6-7-4-2-3-5-8(7)9(10)11;1-10-8-5-3-2-4-7(8)6-9(10)11;1-9-6-4-2-3-5-7(6)11-8(9)10;16*1-2/h2-5H,6H2,1H3;2*2-5H,6-7H2,1H3;2-5H,1H3;2-5H,1H3;2*2-5H,6H2,1H3;2-5H,1H3;16*1-2H3. The Bertz CT molecular complexity index is 4770. The Kier molecular flexibility index (Phi) is 83.5. The van der Waals surface area contributed by atoms with Crippen LogP contribution in [0.15, 0.2) is 217 Å². The second-order valence-electron chi connectivity index (χ2n) is 22.7. The molecule has 8 amide bonds. The van der Waals surface area contributed by atoms with Crippen molar-refractivity contribution in [1.82, 2.24) is 28.7 Å². The van der Waals surface area contributed by atoms with Crippen LogP contribution in [-0.2, 0) is 60.7 Å². The van der Waals surface area contributed by atoms with E-state index in [9.17, 15) is 52.7 Å². The fourth-order valence-corrected chi connectivity index (χ4v) is 10.9. The van der Waals surface area contributed by atoms with Gasteiger partial charge in [-0.3, -0.25) is 57.5 Å². The number of anilines is 2. The van der Waals surface area contributed by atoms with Gasteiger partial charge in [-0.1, -0.05) is 349 Å². The maximum Gasteiger partial charge on any atom is 0.422 e. The number of fused-ring (bicyclic) bond motifs is 8. The number of nitrogens with zero attached hydrogens (tertiary/aromatic N) is 8. The summed E-state index contributed by atoms with van der Waals surface area (Å²) in [5.41, 5.74) is 12.5. The van der Waals surface area contributed by atoms with E-state index in [1.165, 1.54) is 41.7 Å². The minimum Gasteiger partial charge on any atom is -0.409 e.